The van der Waals surface area contributed by atoms with Crippen molar-refractivity contribution in [1.82, 2.24) is 10.3 Å². The third-order valence-corrected chi connectivity index (χ3v) is 8.08. The van der Waals surface area contributed by atoms with Crippen LogP contribution >= 0.6 is 0 Å². The minimum atomic E-state index is -0.0491. The first kappa shape index (κ1) is 26.3. The molecule has 1 atom stereocenters. The molecule has 1 unspecified atom stereocenters. The molecule has 2 aromatic rings. The Kier molecular flexibility index (Phi) is 8.30. The summed E-state index contributed by atoms with van der Waals surface area (Å²) in [5.74, 6) is 1.43. The van der Waals surface area contributed by atoms with Crippen LogP contribution in [0.2, 0.25) is 0 Å². The molecule has 2 aliphatic carbocycles. The van der Waals surface area contributed by atoms with Gasteiger partial charge >= 0.3 is 0 Å². The molecule has 3 aliphatic rings. The maximum atomic E-state index is 13.1. The highest BCUT2D eigenvalue weighted by molar-refractivity contribution is 6.06. The molecular formula is C31H39N3O4. The lowest BCUT2D eigenvalue weighted by atomic mass is 9.89. The molecule has 7 nitrogen and oxygen atoms in total. The van der Waals surface area contributed by atoms with Crippen LogP contribution in [0.15, 0.2) is 47.6 Å². The van der Waals surface area contributed by atoms with Crippen molar-refractivity contribution in [3.05, 3.63) is 59.2 Å². The lowest BCUT2D eigenvalue weighted by Gasteiger charge is -2.29. The molecule has 0 spiro atoms. The monoisotopic (exact) mass is 517 g/mol. The maximum Gasteiger partial charge on any atom is 0.251 e. The summed E-state index contributed by atoms with van der Waals surface area (Å²) >= 11 is 0. The van der Waals surface area contributed by atoms with Crippen molar-refractivity contribution < 1.29 is 19.1 Å². The van der Waals surface area contributed by atoms with Gasteiger partial charge in [0.2, 0.25) is 5.91 Å². The summed E-state index contributed by atoms with van der Waals surface area (Å²) in [6.45, 7) is 2.42. The van der Waals surface area contributed by atoms with Crippen molar-refractivity contribution in [2.75, 3.05) is 7.11 Å². The molecule has 2 aromatic carbocycles. The first-order chi connectivity index (χ1) is 18.5. The van der Waals surface area contributed by atoms with Gasteiger partial charge in [-0.25, -0.2) is 5.01 Å². The van der Waals surface area contributed by atoms with E-state index in [2.05, 4.69) is 12.2 Å². The summed E-state index contributed by atoms with van der Waals surface area (Å²) in [5, 5.41) is 9.57. The fourth-order valence-corrected chi connectivity index (χ4v) is 5.87. The molecule has 2 fully saturated rings. The third kappa shape index (κ3) is 6.03. The third-order valence-electron chi connectivity index (χ3n) is 8.08. The van der Waals surface area contributed by atoms with Crippen LogP contribution < -0.4 is 14.8 Å². The van der Waals surface area contributed by atoms with Crippen LogP contribution in [0.3, 0.4) is 0 Å². The van der Waals surface area contributed by atoms with Gasteiger partial charge < -0.3 is 14.8 Å². The number of benzene rings is 2. The quantitative estimate of drug-likeness (QED) is 0.452. The summed E-state index contributed by atoms with van der Waals surface area (Å²) in [6, 6.07) is 13.7. The van der Waals surface area contributed by atoms with Gasteiger partial charge in [-0.1, -0.05) is 31.9 Å². The smallest absolute Gasteiger partial charge is 0.251 e. The predicted molar refractivity (Wildman–Crippen MR) is 148 cm³/mol. The van der Waals surface area contributed by atoms with Crippen molar-refractivity contribution in [2.45, 2.75) is 89.8 Å². The number of nitrogens with one attached hydrogen (secondary N) is 1. The first-order valence-electron chi connectivity index (χ1n) is 14.2. The number of rotatable bonds is 9. The van der Waals surface area contributed by atoms with Gasteiger partial charge in [0.25, 0.3) is 5.91 Å². The van der Waals surface area contributed by atoms with Gasteiger partial charge in [-0.2, -0.15) is 5.10 Å². The zero-order chi connectivity index (χ0) is 26.5. The molecule has 38 heavy (non-hydrogen) atoms. The SMILES string of the molecule is CCC1CC(=O)N(Cc2cccc(C(=O)NC3CCCC3)c2)N=C1c1ccc(OC)c(OC2CCCC2)c1. The summed E-state index contributed by atoms with van der Waals surface area (Å²) in [4.78, 5) is 25.9. The lowest BCUT2D eigenvalue weighted by molar-refractivity contribution is -0.133. The van der Waals surface area contributed by atoms with E-state index in [1.807, 2.05) is 42.5 Å². The standard InChI is InChI=1S/C31H39N3O4/c1-3-22-19-29(35)34(20-21-9-8-10-24(17-21)31(36)32-25-11-4-5-12-25)33-30(22)23-15-16-27(37-2)28(18-23)38-26-13-6-7-14-26/h8-10,15-18,22,25-26H,3-7,11-14,19-20H2,1-2H3,(H,32,36). The Balaban J connectivity index is 1.37. The predicted octanol–water partition coefficient (Wildman–Crippen LogP) is 5.85. The summed E-state index contributed by atoms with van der Waals surface area (Å²) in [7, 11) is 1.66. The number of hydrogen-bond donors (Lipinski definition) is 1. The topological polar surface area (TPSA) is 80.2 Å². The molecule has 0 aromatic heterocycles. The summed E-state index contributed by atoms with van der Waals surface area (Å²) in [5.41, 5.74) is 3.35. The van der Waals surface area contributed by atoms with Gasteiger partial charge in [0.15, 0.2) is 11.5 Å². The van der Waals surface area contributed by atoms with Crippen LogP contribution in [0.1, 0.15) is 92.6 Å². The molecule has 1 heterocycles. The molecule has 202 valence electrons. The Morgan fingerprint density at radius 2 is 1.79 bits per heavy atom. The molecule has 2 amide bonds. The number of hydrogen-bond acceptors (Lipinski definition) is 5. The van der Waals surface area contributed by atoms with E-state index in [0.29, 0.717) is 24.3 Å². The van der Waals surface area contributed by atoms with E-state index in [4.69, 9.17) is 14.6 Å². The fourth-order valence-electron chi connectivity index (χ4n) is 5.87. The van der Waals surface area contributed by atoms with Crippen LogP contribution in [0.4, 0.5) is 0 Å². The molecule has 7 heteroatoms. The zero-order valence-electron chi connectivity index (χ0n) is 22.6. The Labute approximate surface area is 225 Å². The van der Waals surface area contributed by atoms with Crippen molar-refractivity contribution in [3.63, 3.8) is 0 Å². The largest absolute Gasteiger partial charge is 0.493 e. The van der Waals surface area contributed by atoms with Crippen molar-refractivity contribution in [3.8, 4) is 11.5 Å². The van der Waals surface area contributed by atoms with E-state index in [-0.39, 0.29) is 29.9 Å². The van der Waals surface area contributed by atoms with Crippen LogP contribution in [0, 0.1) is 5.92 Å². The second-order valence-corrected chi connectivity index (χ2v) is 10.8. The van der Waals surface area contributed by atoms with E-state index < -0.39 is 0 Å². The van der Waals surface area contributed by atoms with E-state index in [1.165, 1.54) is 25.7 Å². The summed E-state index contributed by atoms with van der Waals surface area (Å²) in [6.07, 6.45) is 10.4. The van der Waals surface area contributed by atoms with Gasteiger partial charge in [-0.15, -0.1) is 0 Å². The van der Waals surface area contributed by atoms with E-state index in [1.54, 1.807) is 12.1 Å². The molecule has 0 radical (unpaired) electrons. The number of methoxy groups -OCH3 is 1. The van der Waals surface area contributed by atoms with E-state index >= 15 is 0 Å². The molecule has 0 bridgehead atoms. The van der Waals surface area contributed by atoms with Gasteiger partial charge in [0.05, 0.1) is 25.5 Å². The van der Waals surface area contributed by atoms with Crippen molar-refractivity contribution in [1.29, 1.82) is 0 Å². The van der Waals surface area contributed by atoms with Crippen LogP contribution in [-0.2, 0) is 11.3 Å². The number of hydrazone groups is 1. The van der Waals surface area contributed by atoms with Crippen molar-refractivity contribution in [2.24, 2.45) is 11.0 Å². The second kappa shape index (κ2) is 12.0. The highest BCUT2D eigenvalue weighted by atomic mass is 16.5. The molecule has 1 N–H and O–H groups in total. The Morgan fingerprint density at radius 3 is 2.53 bits per heavy atom. The van der Waals surface area contributed by atoms with Gasteiger partial charge in [0, 0.05) is 29.5 Å². The Hall–Kier alpha value is -3.35. The number of ether oxygens (including phenoxy) is 2. The highest BCUT2D eigenvalue weighted by Gasteiger charge is 2.30. The lowest BCUT2D eigenvalue weighted by Crippen LogP contribution is -2.37. The minimum absolute atomic E-state index is 0.00245. The van der Waals surface area contributed by atoms with Gasteiger partial charge in [-0.3, -0.25) is 9.59 Å². The van der Waals surface area contributed by atoms with Crippen LogP contribution in [-0.4, -0.2) is 41.8 Å². The van der Waals surface area contributed by atoms with Gasteiger partial charge in [-0.05, 0) is 80.8 Å². The van der Waals surface area contributed by atoms with Crippen LogP contribution in [0.5, 0.6) is 11.5 Å². The first-order valence-corrected chi connectivity index (χ1v) is 14.2. The normalized spacial score (nSPS) is 20.5. The second-order valence-electron chi connectivity index (χ2n) is 10.8. The molecule has 1 aliphatic heterocycles. The van der Waals surface area contributed by atoms with Crippen LogP contribution in [0.25, 0.3) is 0 Å². The molecule has 5 rings (SSSR count). The van der Waals surface area contributed by atoms with E-state index in [0.717, 1.165) is 54.7 Å². The number of nitrogens with zero attached hydrogens (tertiary/aromatic N) is 2. The number of carbonyl (C=O) groups is 2. The number of carbonyl (C=O) groups excluding carboxylic acids is 2. The Morgan fingerprint density at radius 1 is 1.03 bits per heavy atom. The molecular weight excluding hydrogens is 478 g/mol. The molecule has 2 saturated carbocycles. The van der Waals surface area contributed by atoms with Gasteiger partial charge in [0.1, 0.15) is 0 Å². The summed E-state index contributed by atoms with van der Waals surface area (Å²) < 4.78 is 11.9. The van der Waals surface area contributed by atoms with Crippen molar-refractivity contribution >= 4 is 17.5 Å². The minimum Gasteiger partial charge on any atom is -0.493 e. The fraction of sp³-hybridized carbons (Fsp3) is 0.516. The average molecular weight is 518 g/mol. The number of amides is 2. The van der Waals surface area contributed by atoms with E-state index in [9.17, 15) is 9.59 Å². The zero-order valence-corrected chi connectivity index (χ0v) is 22.6. The highest BCUT2D eigenvalue weighted by Crippen LogP contribution is 2.35. The maximum absolute atomic E-state index is 13.1. The molecule has 0 saturated heterocycles. The average Bonchev–Trinajstić information content (AvgIpc) is 3.64. The Bertz CT molecular complexity index is 1180.